The zero-order valence-electron chi connectivity index (χ0n) is 12.6. The molecular formula is C16H22N4O. The molecule has 0 fully saturated rings. The van der Waals surface area contributed by atoms with Crippen LogP contribution in [0.25, 0.3) is 0 Å². The zero-order chi connectivity index (χ0) is 14.8. The van der Waals surface area contributed by atoms with Crippen molar-refractivity contribution in [3.8, 4) is 5.75 Å². The number of ether oxygens (including phenoxy) is 1. The molecule has 2 unspecified atom stereocenters. The third-order valence-corrected chi connectivity index (χ3v) is 3.88. The topological polar surface area (TPSA) is 66.0 Å². The summed E-state index contributed by atoms with van der Waals surface area (Å²) in [6, 6.07) is 6.31. The Kier molecular flexibility index (Phi) is 3.92. The number of nitrogens with zero attached hydrogens (tertiary/aromatic N) is 3. The number of hydrogen-bond donors (Lipinski definition) is 1. The van der Waals surface area contributed by atoms with Crippen molar-refractivity contribution in [1.29, 1.82) is 0 Å². The Balaban J connectivity index is 1.64. The van der Waals surface area contributed by atoms with E-state index in [0.29, 0.717) is 6.54 Å². The van der Waals surface area contributed by atoms with Crippen LogP contribution in [0.1, 0.15) is 42.6 Å². The number of aryl methyl sites for hydroxylation is 1. The lowest BCUT2D eigenvalue weighted by Crippen LogP contribution is -2.21. The minimum Gasteiger partial charge on any atom is -0.488 e. The molecule has 5 heteroatoms. The van der Waals surface area contributed by atoms with E-state index in [1.54, 1.807) is 0 Å². The smallest absolute Gasteiger partial charge is 0.123 e. The molecule has 112 valence electrons. The van der Waals surface area contributed by atoms with Gasteiger partial charge in [-0.25, -0.2) is 4.68 Å². The highest BCUT2D eigenvalue weighted by molar-refractivity contribution is 5.40. The van der Waals surface area contributed by atoms with Crippen LogP contribution in [0.3, 0.4) is 0 Å². The van der Waals surface area contributed by atoms with Gasteiger partial charge in [0.05, 0.1) is 24.5 Å². The molecule has 0 spiro atoms. The third kappa shape index (κ3) is 3.08. The van der Waals surface area contributed by atoms with Crippen LogP contribution in [0.4, 0.5) is 0 Å². The average Bonchev–Trinajstić information content (AvgIpc) is 3.05. The van der Waals surface area contributed by atoms with Crippen molar-refractivity contribution in [3.05, 3.63) is 41.2 Å². The van der Waals surface area contributed by atoms with E-state index in [9.17, 15) is 0 Å². The first-order valence-electron chi connectivity index (χ1n) is 7.57. The van der Waals surface area contributed by atoms with Gasteiger partial charge in [-0.2, -0.15) is 0 Å². The van der Waals surface area contributed by atoms with Crippen LogP contribution in [0.15, 0.2) is 24.4 Å². The highest BCUT2D eigenvalue weighted by atomic mass is 16.5. The molecule has 2 aromatic rings. The van der Waals surface area contributed by atoms with Gasteiger partial charge in [-0.3, -0.25) is 0 Å². The van der Waals surface area contributed by atoms with Gasteiger partial charge in [-0.15, -0.1) is 5.10 Å². The van der Waals surface area contributed by atoms with E-state index >= 15 is 0 Å². The lowest BCUT2D eigenvalue weighted by molar-refractivity contribution is 0.202. The van der Waals surface area contributed by atoms with Crippen molar-refractivity contribution in [2.75, 3.05) is 0 Å². The third-order valence-electron chi connectivity index (χ3n) is 3.88. The van der Waals surface area contributed by atoms with E-state index in [4.69, 9.17) is 10.5 Å². The Morgan fingerprint density at radius 1 is 1.48 bits per heavy atom. The SMILES string of the molecule is CCCC(N)c1cn(CC2Cc3cc(C)ccc3O2)nn1. The van der Waals surface area contributed by atoms with Gasteiger partial charge in [0, 0.05) is 6.42 Å². The fourth-order valence-corrected chi connectivity index (χ4v) is 2.79. The predicted octanol–water partition coefficient (Wildman–Crippen LogP) is 2.39. The molecule has 0 bridgehead atoms. The number of hydrogen-bond acceptors (Lipinski definition) is 4. The van der Waals surface area contributed by atoms with Crippen LogP contribution in [-0.2, 0) is 13.0 Å². The lowest BCUT2D eigenvalue weighted by atomic mass is 10.1. The molecule has 21 heavy (non-hydrogen) atoms. The minimum atomic E-state index is -0.0203. The first-order valence-corrected chi connectivity index (χ1v) is 7.57. The van der Waals surface area contributed by atoms with Gasteiger partial charge in [0.1, 0.15) is 11.9 Å². The molecule has 0 radical (unpaired) electrons. The number of aromatic nitrogens is 3. The molecule has 0 amide bonds. The molecule has 0 saturated heterocycles. The molecule has 1 aromatic heterocycles. The van der Waals surface area contributed by atoms with E-state index in [1.807, 2.05) is 10.9 Å². The normalized spacial score (nSPS) is 18.3. The summed E-state index contributed by atoms with van der Waals surface area (Å²) in [5.74, 6) is 0.994. The van der Waals surface area contributed by atoms with E-state index in [1.165, 1.54) is 11.1 Å². The Hall–Kier alpha value is -1.88. The highest BCUT2D eigenvalue weighted by Gasteiger charge is 2.23. The molecule has 5 nitrogen and oxygen atoms in total. The predicted molar refractivity (Wildman–Crippen MR) is 81.2 cm³/mol. The number of benzene rings is 1. The summed E-state index contributed by atoms with van der Waals surface area (Å²) in [6.07, 6.45) is 4.97. The second kappa shape index (κ2) is 5.85. The molecule has 2 heterocycles. The highest BCUT2D eigenvalue weighted by Crippen LogP contribution is 2.30. The van der Waals surface area contributed by atoms with Gasteiger partial charge in [0.2, 0.25) is 0 Å². The molecule has 2 atom stereocenters. The monoisotopic (exact) mass is 286 g/mol. The largest absolute Gasteiger partial charge is 0.488 e. The molecular weight excluding hydrogens is 264 g/mol. The first kappa shape index (κ1) is 14.1. The maximum atomic E-state index is 6.07. The van der Waals surface area contributed by atoms with Crippen molar-refractivity contribution < 1.29 is 4.74 Å². The van der Waals surface area contributed by atoms with Gasteiger partial charge in [0.15, 0.2) is 0 Å². The van der Waals surface area contributed by atoms with E-state index in [-0.39, 0.29) is 12.1 Å². The molecule has 2 N–H and O–H groups in total. The molecule has 1 aliphatic heterocycles. The van der Waals surface area contributed by atoms with Crippen molar-refractivity contribution >= 4 is 0 Å². The van der Waals surface area contributed by atoms with Gasteiger partial charge >= 0.3 is 0 Å². The fourth-order valence-electron chi connectivity index (χ4n) is 2.79. The Morgan fingerprint density at radius 3 is 3.14 bits per heavy atom. The summed E-state index contributed by atoms with van der Waals surface area (Å²) >= 11 is 0. The number of rotatable bonds is 5. The molecule has 3 rings (SSSR count). The fraction of sp³-hybridized carbons (Fsp3) is 0.500. The van der Waals surface area contributed by atoms with Gasteiger partial charge in [-0.05, 0) is 25.0 Å². The maximum absolute atomic E-state index is 6.07. The summed E-state index contributed by atoms with van der Waals surface area (Å²) < 4.78 is 7.80. The van der Waals surface area contributed by atoms with Gasteiger partial charge in [0.25, 0.3) is 0 Å². The number of nitrogens with two attached hydrogens (primary N) is 1. The Morgan fingerprint density at radius 2 is 2.33 bits per heavy atom. The van der Waals surface area contributed by atoms with Crippen LogP contribution in [0.2, 0.25) is 0 Å². The second-order valence-electron chi connectivity index (χ2n) is 5.82. The minimum absolute atomic E-state index is 0.0203. The quantitative estimate of drug-likeness (QED) is 0.916. The Bertz CT molecular complexity index is 622. The summed E-state index contributed by atoms with van der Waals surface area (Å²) in [7, 11) is 0. The molecule has 0 aliphatic carbocycles. The summed E-state index contributed by atoms with van der Waals surface area (Å²) in [4.78, 5) is 0. The maximum Gasteiger partial charge on any atom is 0.123 e. The van der Waals surface area contributed by atoms with Crippen LogP contribution < -0.4 is 10.5 Å². The average molecular weight is 286 g/mol. The summed E-state index contributed by atoms with van der Waals surface area (Å²) in [5, 5.41) is 8.34. The van der Waals surface area contributed by atoms with Crippen molar-refractivity contribution in [2.24, 2.45) is 5.73 Å². The standard InChI is InChI=1S/C16H22N4O/c1-3-4-14(17)15-10-20(19-18-15)9-13-8-12-7-11(2)5-6-16(12)21-13/h5-7,10,13-14H,3-4,8-9,17H2,1-2H3. The van der Waals surface area contributed by atoms with E-state index < -0.39 is 0 Å². The van der Waals surface area contributed by atoms with Gasteiger partial charge < -0.3 is 10.5 Å². The van der Waals surface area contributed by atoms with Crippen molar-refractivity contribution in [2.45, 2.75) is 51.8 Å². The molecule has 1 aromatic carbocycles. The first-order chi connectivity index (χ1) is 10.2. The molecule has 0 saturated carbocycles. The van der Waals surface area contributed by atoms with Crippen LogP contribution in [0, 0.1) is 6.92 Å². The molecule has 1 aliphatic rings. The number of fused-ring (bicyclic) bond motifs is 1. The van der Waals surface area contributed by atoms with Crippen LogP contribution in [0.5, 0.6) is 5.75 Å². The van der Waals surface area contributed by atoms with E-state index in [0.717, 1.165) is 30.7 Å². The van der Waals surface area contributed by atoms with Crippen molar-refractivity contribution in [1.82, 2.24) is 15.0 Å². The van der Waals surface area contributed by atoms with Crippen LogP contribution in [-0.4, -0.2) is 21.1 Å². The summed E-state index contributed by atoms with van der Waals surface area (Å²) in [5.41, 5.74) is 9.48. The lowest BCUT2D eigenvalue weighted by Gasteiger charge is -2.10. The second-order valence-corrected chi connectivity index (χ2v) is 5.82. The van der Waals surface area contributed by atoms with Crippen molar-refractivity contribution in [3.63, 3.8) is 0 Å². The summed E-state index contributed by atoms with van der Waals surface area (Å²) in [6.45, 7) is 4.93. The van der Waals surface area contributed by atoms with E-state index in [2.05, 4.69) is 42.4 Å². The van der Waals surface area contributed by atoms with Crippen LogP contribution >= 0.6 is 0 Å². The zero-order valence-corrected chi connectivity index (χ0v) is 12.6. The van der Waals surface area contributed by atoms with Gasteiger partial charge in [-0.1, -0.05) is 36.3 Å². The Labute approximate surface area is 125 Å².